The van der Waals surface area contributed by atoms with E-state index in [9.17, 15) is 4.79 Å². The third-order valence-corrected chi connectivity index (χ3v) is 3.10. The van der Waals surface area contributed by atoms with Gasteiger partial charge >= 0.3 is 0 Å². The molecule has 1 amide bonds. The molecule has 0 saturated carbocycles. The molecule has 2 rings (SSSR count). The van der Waals surface area contributed by atoms with Gasteiger partial charge in [-0.15, -0.1) is 12.4 Å². The van der Waals surface area contributed by atoms with Crippen molar-refractivity contribution < 1.29 is 9.53 Å². The molecule has 2 N–H and O–H groups in total. The summed E-state index contributed by atoms with van der Waals surface area (Å²) < 4.78 is 5.54. The maximum atomic E-state index is 11.9. The number of ether oxygens (including phenoxy) is 1. The number of nitrogens with one attached hydrogen (secondary N) is 2. The zero-order chi connectivity index (χ0) is 13.7. The predicted molar refractivity (Wildman–Crippen MR) is 83.7 cm³/mol. The zero-order valence-corrected chi connectivity index (χ0v) is 12.8. The quantitative estimate of drug-likeness (QED) is 0.819. The fourth-order valence-corrected chi connectivity index (χ4v) is 2.04. The lowest BCUT2D eigenvalue weighted by Gasteiger charge is -2.17. The molecule has 1 heterocycles. The van der Waals surface area contributed by atoms with Gasteiger partial charge < -0.3 is 15.4 Å². The van der Waals surface area contributed by atoms with Gasteiger partial charge in [0.05, 0.1) is 5.57 Å². The number of rotatable bonds is 5. The minimum Gasteiger partial charge on any atom is -0.488 e. The molecule has 0 radical (unpaired) electrons. The first-order valence-electron chi connectivity index (χ1n) is 6.26. The van der Waals surface area contributed by atoms with E-state index in [1.54, 1.807) is 12.1 Å². The Morgan fingerprint density at radius 1 is 1.40 bits per heavy atom. The molecular weight excluding hydrogens is 299 g/mol. The minimum absolute atomic E-state index is 0. The zero-order valence-electron chi connectivity index (χ0n) is 11.2. The van der Waals surface area contributed by atoms with Crippen LogP contribution in [0.1, 0.15) is 12.0 Å². The molecule has 110 valence electrons. The first kappa shape index (κ1) is 16.8. The van der Waals surface area contributed by atoms with Crippen molar-refractivity contribution in [2.24, 2.45) is 0 Å². The van der Waals surface area contributed by atoms with Gasteiger partial charge in [-0.3, -0.25) is 4.79 Å². The van der Waals surface area contributed by atoms with Gasteiger partial charge in [0, 0.05) is 17.1 Å². The van der Waals surface area contributed by atoms with Crippen LogP contribution in [0, 0.1) is 0 Å². The van der Waals surface area contributed by atoms with Crippen LogP contribution in [0.3, 0.4) is 0 Å². The van der Waals surface area contributed by atoms with Crippen LogP contribution >= 0.6 is 24.0 Å². The van der Waals surface area contributed by atoms with Crippen molar-refractivity contribution in [3.05, 3.63) is 34.4 Å². The van der Waals surface area contributed by atoms with Crippen LogP contribution in [0.25, 0.3) is 6.08 Å². The number of amides is 1. The maximum absolute atomic E-state index is 11.9. The number of hydrogen-bond donors (Lipinski definition) is 2. The van der Waals surface area contributed by atoms with Crippen molar-refractivity contribution >= 4 is 36.0 Å². The van der Waals surface area contributed by atoms with Crippen molar-refractivity contribution in [1.29, 1.82) is 0 Å². The molecule has 4 nitrogen and oxygen atoms in total. The first-order valence-corrected chi connectivity index (χ1v) is 6.64. The third-order valence-electron chi connectivity index (χ3n) is 2.87. The summed E-state index contributed by atoms with van der Waals surface area (Å²) in [6.07, 6.45) is 2.73. The highest BCUT2D eigenvalue weighted by Gasteiger charge is 2.16. The van der Waals surface area contributed by atoms with E-state index in [1.807, 2.05) is 19.2 Å². The molecule has 1 aliphatic rings. The second-order valence-electron chi connectivity index (χ2n) is 4.35. The van der Waals surface area contributed by atoms with Crippen molar-refractivity contribution in [1.82, 2.24) is 10.6 Å². The monoisotopic (exact) mass is 316 g/mol. The summed E-state index contributed by atoms with van der Waals surface area (Å²) in [7, 11) is 1.89. The minimum atomic E-state index is -0.0817. The van der Waals surface area contributed by atoms with Crippen molar-refractivity contribution in [3.63, 3.8) is 0 Å². The average molecular weight is 317 g/mol. The fourth-order valence-electron chi connectivity index (χ4n) is 1.86. The molecule has 0 atom stereocenters. The number of hydrogen-bond acceptors (Lipinski definition) is 3. The van der Waals surface area contributed by atoms with E-state index in [0.29, 0.717) is 23.7 Å². The second kappa shape index (κ2) is 8.15. The molecule has 1 aromatic carbocycles. The summed E-state index contributed by atoms with van der Waals surface area (Å²) in [5.74, 6) is 0.679. The Hall–Kier alpha value is -1.23. The van der Waals surface area contributed by atoms with Gasteiger partial charge in [-0.25, -0.2) is 0 Å². The summed E-state index contributed by atoms with van der Waals surface area (Å²) in [6.45, 7) is 1.83. The lowest BCUT2D eigenvalue weighted by molar-refractivity contribution is -0.117. The highest BCUT2D eigenvalue weighted by Crippen LogP contribution is 2.28. The highest BCUT2D eigenvalue weighted by molar-refractivity contribution is 6.30. The summed E-state index contributed by atoms with van der Waals surface area (Å²) in [5.41, 5.74) is 1.47. The van der Waals surface area contributed by atoms with E-state index in [1.165, 1.54) is 0 Å². The second-order valence-corrected chi connectivity index (χ2v) is 4.79. The van der Waals surface area contributed by atoms with Crippen molar-refractivity contribution in [3.8, 4) is 5.75 Å². The molecule has 0 saturated heterocycles. The predicted octanol–water partition coefficient (Wildman–Crippen LogP) is 2.26. The maximum Gasteiger partial charge on any atom is 0.250 e. The van der Waals surface area contributed by atoms with E-state index >= 15 is 0 Å². The van der Waals surface area contributed by atoms with Crippen LogP contribution in [0.4, 0.5) is 0 Å². The summed E-state index contributed by atoms with van der Waals surface area (Å²) >= 11 is 5.93. The van der Waals surface area contributed by atoms with Gasteiger partial charge in [0.25, 0.3) is 5.91 Å². The molecular formula is C14H18Cl2N2O2. The molecule has 0 unspecified atom stereocenters. The Kier molecular flexibility index (Phi) is 6.85. The van der Waals surface area contributed by atoms with E-state index in [4.69, 9.17) is 16.3 Å². The van der Waals surface area contributed by atoms with Crippen LogP contribution < -0.4 is 15.4 Å². The Labute approximate surface area is 129 Å². The largest absolute Gasteiger partial charge is 0.488 e. The van der Waals surface area contributed by atoms with Crippen LogP contribution in [-0.4, -0.2) is 32.7 Å². The van der Waals surface area contributed by atoms with Gasteiger partial charge in [-0.05, 0) is 44.3 Å². The molecule has 1 aliphatic heterocycles. The van der Waals surface area contributed by atoms with E-state index in [0.717, 1.165) is 24.3 Å². The van der Waals surface area contributed by atoms with Crippen molar-refractivity contribution in [2.45, 2.75) is 6.42 Å². The summed E-state index contributed by atoms with van der Waals surface area (Å²) in [6, 6.07) is 5.39. The molecule has 1 aromatic rings. The molecule has 0 aliphatic carbocycles. The normalized spacial score (nSPS) is 12.6. The van der Waals surface area contributed by atoms with Gasteiger partial charge in [-0.1, -0.05) is 11.6 Å². The molecule has 6 heteroatoms. The Balaban J connectivity index is 0.00000200. The van der Waals surface area contributed by atoms with E-state index < -0.39 is 0 Å². The molecule has 0 bridgehead atoms. The standard InChI is InChI=1S/C14H17ClN2O2.ClH/c1-16-5-2-6-17-14(18)11-7-10-8-12(15)3-4-13(10)19-9-11;/h3-4,7-8,16H,2,5-6,9H2,1H3,(H,17,18);1H. The van der Waals surface area contributed by atoms with Crippen molar-refractivity contribution in [2.75, 3.05) is 26.7 Å². The summed E-state index contributed by atoms with van der Waals surface area (Å²) in [4.78, 5) is 11.9. The van der Waals surface area contributed by atoms with E-state index in [2.05, 4.69) is 10.6 Å². The Bertz CT molecular complexity index is 504. The molecule has 0 fully saturated rings. The van der Waals surface area contributed by atoms with Gasteiger partial charge in [0.15, 0.2) is 0 Å². The number of carbonyl (C=O) groups excluding carboxylic acids is 1. The number of benzene rings is 1. The van der Waals surface area contributed by atoms with Gasteiger partial charge in [0.1, 0.15) is 12.4 Å². The first-order chi connectivity index (χ1) is 9.20. The Morgan fingerprint density at radius 3 is 2.95 bits per heavy atom. The van der Waals surface area contributed by atoms with Crippen LogP contribution in [0.15, 0.2) is 23.8 Å². The van der Waals surface area contributed by atoms with E-state index in [-0.39, 0.29) is 18.3 Å². The summed E-state index contributed by atoms with van der Waals surface area (Å²) in [5, 5.41) is 6.54. The van der Waals surface area contributed by atoms with Crippen LogP contribution in [0.5, 0.6) is 5.75 Å². The SMILES string of the molecule is CNCCCNC(=O)C1=Cc2cc(Cl)ccc2OC1.Cl. The Morgan fingerprint density at radius 2 is 2.20 bits per heavy atom. The van der Waals surface area contributed by atoms with Crippen LogP contribution in [0.2, 0.25) is 5.02 Å². The lowest BCUT2D eigenvalue weighted by atomic mass is 10.1. The third kappa shape index (κ3) is 4.40. The lowest BCUT2D eigenvalue weighted by Crippen LogP contribution is -2.30. The number of halogens is 2. The van der Waals surface area contributed by atoms with Gasteiger partial charge in [-0.2, -0.15) is 0 Å². The number of carbonyl (C=O) groups is 1. The highest BCUT2D eigenvalue weighted by atomic mass is 35.5. The molecule has 0 aromatic heterocycles. The molecule has 20 heavy (non-hydrogen) atoms. The topological polar surface area (TPSA) is 50.4 Å². The van der Waals surface area contributed by atoms with Gasteiger partial charge in [0.2, 0.25) is 0 Å². The molecule has 0 spiro atoms. The smallest absolute Gasteiger partial charge is 0.250 e. The fraction of sp³-hybridized carbons (Fsp3) is 0.357. The average Bonchev–Trinajstić information content (AvgIpc) is 2.42. The van der Waals surface area contributed by atoms with Crippen LogP contribution in [-0.2, 0) is 4.79 Å². The number of fused-ring (bicyclic) bond motifs is 1.